The zero-order valence-electron chi connectivity index (χ0n) is 18.3. The van der Waals surface area contributed by atoms with E-state index in [9.17, 15) is 8.42 Å². The molecule has 0 aromatic heterocycles. The van der Waals surface area contributed by atoms with Crippen molar-refractivity contribution in [2.45, 2.75) is 24.9 Å². The van der Waals surface area contributed by atoms with E-state index in [-0.39, 0.29) is 13.5 Å². The molecule has 0 aliphatic rings. The Kier molecular flexibility index (Phi) is 13.6. The number of sulfonamides is 1. The average molecular weight is 558 g/mol. The first kappa shape index (κ1) is 28.5. The summed E-state index contributed by atoms with van der Waals surface area (Å²) in [4.78, 5) is 0. The summed E-state index contributed by atoms with van der Waals surface area (Å²) in [6, 6.07) is 28.7. The normalized spacial score (nSPS) is 12.6. The molecule has 0 saturated carbocycles. The van der Waals surface area contributed by atoms with Crippen LogP contribution in [0.1, 0.15) is 35.2 Å². The van der Waals surface area contributed by atoms with Crippen molar-refractivity contribution in [3.63, 3.8) is 0 Å². The van der Waals surface area contributed by atoms with Gasteiger partial charge in [0.15, 0.2) is 0 Å². The molecule has 0 radical (unpaired) electrons. The molecule has 0 saturated heterocycles. The van der Waals surface area contributed by atoms with Crippen LogP contribution in [0.5, 0.6) is 0 Å². The standard InChI is InChI=1S/C24H26N2O2S.CH3.ClH.Ru/c1-29(27,28)26-24(22-17-9-4-10-18-22)23(21-15-7-3-8-16-21)25-19-11-14-20-12-5-2-6-13-20;;;/h2-10,12-13,15-18,23-24H,11,14,19H2,1H3;1H3;1H;/q-2;-1;;+4/p-1/t23-,24-;;;/m0.../s1. The van der Waals surface area contributed by atoms with Gasteiger partial charge in [0.2, 0.25) is 0 Å². The van der Waals surface area contributed by atoms with E-state index in [0.717, 1.165) is 30.2 Å². The number of halogens is 1. The van der Waals surface area contributed by atoms with E-state index in [2.05, 4.69) is 26.5 Å². The van der Waals surface area contributed by atoms with Gasteiger partial charge in [-0.2, -0.15) is 0 Å². The van der Waals surface area contributed by atoms with E-state index in [4.69, 9.17) is 5.32 Å². The van der Waals surface area contributed by atoms with E-state index in [1.54, 1.807) is 0 Å². The van der Waals surface area contributed by atoms with Gasteiger partial charge in [-0.25, -0.2) is 8.42 Å². The molecule has 32 heavy (non-hydrogen) atoms. The Bertz CT molecular complexity index is 975. The molecule has 0 bridgehead atoms. The summed E-state index contributed by atoms with van der Waals surface area (Å²) in [5.41, 5.74) is 3.09. The molecule has 3 rings (SSSR count). The molecule has 0 unspecified atom stereocenters. The number of hydrogen-bond acceptors (Lipinski definition) is 2. The Hall–Kier alpha value is -1.56. The van der Waals surface area contributed by atoms with Gasteiger partial charge in [-0.05, 0) is 12.0 Å². The number of nitrogens with zero attached hydrogens (tertiary/aromatic N) is 2. The van der Waals surface area contributed by atoms with Gasteiger partial charge in [0.05, 0.1) is 10.0 Å². The average Bonchev–Trinajstić information content (AvgIpc) is 2.80. The molecule has 7 heteroatoms. The van der Waals surface area contributed by atoms with Gasteiger partial charge in [0.1, 0.15) is 0 Å². The third-order valence-electron chi connectivity index (χ3n) is 4.68. The maximum absolute atomic E-state index is 12.1. The van der Waals surface area contributed by atoms with Gasteiger partial charge in [-0.3, -0.25) is 0 Å². The fourth-order valence-corrected chi connectivity index (χ4v) is 4.00. The monoisotopic (exact) mass is 558 g/mol. The van der Waals surface area contributed by atoms with Crippen molar-refractivity contribution in [1.82, 2.24) is 0 Å². The Balaban J connectivity index is 0.00000166. The molecule has 4 nitrogen and oxygen atoms in total. The quantitative estimate of drug-likeness (QED) is 0.154. The Morgan fingerprint density at radius 2 is 1.22 bits per heavy atom. The third kappa shape index (κ3) is 9.93. The van der Waals surface area contributed by atoms with Crippen LogP contribution in [0, 0.1) is 7.43 Å². The van der Waals surface area contributed by atoms with Crippen LogP contribution >= 0.6 is 9.69 Å². The number of hydrogen-bond donors (Lipinski definition) is 0. The SMILES string of the molecule is CS(=O)(=O)[N-][C@@H](c1ccccc1)[C@@H]([N-]CCCc1ccccc1)c1ccccc1.[CH3-].[Cl][Ru+3]. The van der Waals surface area contributed by atoms with E-state index < -0.39 is 16.1 Å². The van der Waals surface area contributed by atoms with Crippen LogP contribution in [0.25, 0.3) is 10.0 Å². The maximum atomic E-state index is 12.1. The predicted molar refractivity (Wildman–Crippen MR) is 132 cm³/mol. The fourth-order valence-electron chi connectivity index (χ4n) is 3.35. The Morgan fingerprint density at radius 1 is 0.781 bits per heavy atom. The van der Waals surface area contributed by atoms with Gasteiger partial charge in [0.25, 0.3) is 0 Å². The molecular formula is C25H29ClN2O2RuS. The minimum absolute atomic E-state index is 0. The van der Waals surface area contributed by atoms with Crippen molar-refractivity contribution in [3.8, 4) is 0 Å². The molecule has 0 aliphatic carbocycles. The first-order valence-corrected chi connectivity index (χ1v) is 14.0. The molecule has 0 heterocycles. The van der Waals surface area contributed by atoms with E-state index in [1.165, 1.54) is 5.56 Å². The van der Waals surface area contributed by atoms with Crippen LogP contribution < -0.4 is 0 Å². The van der Waals surface area contributed by atoms with Gasteiger partial charge < -0.3 is 17.5 Å². The first-order valence-electron chi connectivity index (χ1n) is 9.89. The van der Waals surface area contributed by atoms with Crippen LogP contribution in [-0.4, -0.2) is 21.2 Å². The Morgan fingerprint density at radius 3 is 1.69 bits per heavy atom. The molecule has 172 valence electrons. The molecular weight excluding hydrogens is 529 g/mol. The van der Waals surface area contributed by atoms with Gasteiger partial charge in [0, 0.05) is 6.26 Å². The zero-order valence-corrected chi connectivity index (χ0v) is 21.6. The van der Waals surface area contributed by atoms with Crippen molar-refractivity contribution in [2.75, 3.05) is 12.8 Å². The van der Waals surface area contributed by atoms with Gasteiger partial charge in [-0.1, -0.05) is 109 Å². The number of rotatable bonds is 10. The second kappa shape index (κ2) is 15.3. The van der Waals surface area contributed by atoms with Crippen LogP contribution in [0.3, 0.4) is 0 Å². The fraction of sp³-hybridized carbons (Fsp3) is 0.240. The molecule has 2 atom stereocenters. The van der Waals surface area contributed by atoms with E-state index >= 15 is 0 Å². The van der Waals surface area contributed by atoms with Gasteiger partial charge in [-0.15, -0.1) is 18.6 Å². The first-order chi connectivity index (χ1) is 15.0. The van der Waals surface area contributed by atoms with Gasteiger partial charge >= 0.3 is 27.0 Å². The summed E-state index contributed by atoms with van der Waals surface area (Å²) in [5, 5.41) is 4.91. The van der Waals surface area contributed by atoms with E-state index in [1.807, 2.05) is 96.2 Å². The molecule has 3 aromatic rings. The molecule has 0 amide bonds. The summed E-state index contributed by atoms with van der Waals surface area (Å²) in [7, 11) is 1.04. The van der Waals surface area contributed by atoms with Crippen LogP contribution in [0.2, 0.25) is 0 Å². The predicted octanol–water partition coefficient (Wildman–Crippen LogP) is 6.95. The molecule has 0 N–H and O–H groups in total. The van der Waals surface area contributed by atoms with Crippen molar-refractivity contribution in [1.29, 1.82) is 0 Å². The van der Waals surface area contributed by atoms with Crippen molar-refractivity contribution >= 4 is 19.7 Å². The molecule has 0 fully saturated rings. The summed E-state index contributed by atoms with van der Waals surface area (Å²) in [6.07, 6.45) is 2.97. The molecule has 0 aliphatic heterocycles. The summed E-state index contributed by atoms with van der Waals surface area (Å²) in [6.45, 7) is 0.636. The minimum atomic E-state index is -3.53. The van der Waals surface area contributed by atoms with Crippen LogP contribution in [-0.2, 0) is 33.8 Å². The number of benzene rings is 3. The second-order valence-corrected chi connectivity index (χ2v) is 8.72. The number of aryl methyl sites for hydroxylation is 1. The topological polar surface area (TPSA) is 62.3 Å². The molecule has 3 aromatic carbocycles. The van der Waals surface area contributed by atoms with Crippen molar-refractivity contribution in [2.24, 2.45) is 0 Å². The van der Waals surface area contributed by atoms with Crippen LogP contribution in [0.4, 0.5) is 0 Å². The Labute approximate surface area is 207 Å². The molecule has 0 spiro atoms. The zero-order chi connectivity index (χ0) is 22.5. The van der Waals surface area contributed by atoms with Crippen molar-refractivity contribution < 1.29 is 25.7 Å². The second-order valence-electron chi connectivity index (χ2n) is 7.04. The van der Waals surface area contributed by atoms with Crippen LogP contribution in [0.15, 0.2) is 91.0 Å². The van der Waals surface area contributed by atoms with E-state index in [0.29, 0.717) is 6.54 Å². The van der Waals surface area contributed by atoms with Crippen molar-refractivity contribution in [3.05, 3.63) is 125 Å². The third-order valence-corrected chi connectivity index (χ3v) is 5.29. The summed E-state index contributed by atoms with van der Waals surface area (Å²) < 4.78 is 28.3. The summed E-state index contributed by atoms with van der Waals surface area (Å²) in [5.74, 6) is 0. The summed E-state index contributed by atoms with van der Waals surface area (Å²) >= 11 is 1.82.